The zero-order chi connectivity index (χ0) is 23.4. The smallest absolute Gasteiger partial charge is 0.315 e. The summed E-state index contributed by atoms with van der Waals surface area (Å²) in [6, 6.07) is 25.6. The minimum absolute atomic E-state index is 0.0823. The van der Waals surface area contributed by atoms with E-state index in [1.807, 2.05) is 79.7 Å². The fourth-order valence-corrected chi connectivity index (χ4v) is 4.42. The normalized spacial score (nSPS) is 17.1. The van der Waals surface area contributed by atoms with Crippen LogP contribution in [-0.2, 0) is 14.3 Å². The molecular formula is C27H26N2O4. The first kappa shape index (κ1) is 22.3. The Morgan fingerprint density at radius 1 is 0.909 bits per heavy atom. The fraction of sp³-hybridized carbons (Fsp3) is 0.222. The molecule has 0 N–H and O–H groups in total. The van der Waals surface area contributed by atoms with Gasteiger partial charge in [0.25, 0.3) is 5.91 Å². The van der Waals surface area contributed by atoms with Gasteiger partial charge in [-0.1, -0.05) is 54.6 Å². The lowest BCUT2D eigenvalue weighted by Gasteiger charge is -2.43. The molecule has 0 aliphatic carbocycles. The maximum atomic E-state index is 13.4. The van der Waals surface area contributed by atoms with Crippen molar-refractivity contribution in [3.8, 4) is 0 Å². The van der Waals surface area contributed by atoms with Crippen molar-refractivity contribution in [3.63, 3.8) is 0 Å². The molecule has 3 aromatic rings. The van der Waals surface area contributed by atoms with Crippen LogP contribution < -0.4 is 9.80 Å². The van der Waals surface area contributed by atoms with Crippen molar-refractivity contribution in [3.05, 3.63) is 96.1 Å². The molecule has 3 aromatic carbocycles. The SMILES string of the molecule is COC(=O)CC(=O)N(c1ccccc1)[C@@H]1C[C@H](C)N(C(=O)c2ccccc2)c2ccccc21. The number of benzene rings is 3. The van der Waals surface area contributed by atoms with E-state index in [0.29, 0.717) is 17.7 Å². The molecule has 1 aliphatic heterocycles. The predicted molar refractivity (Wildman–Crippen MR) is 127 cm³/mol. The molecule has 0 radical (unpaired) electrons. The summed E-state index contributed by atoms with van der Waals surface area (Å²) in [5, 5.41) is 0. The van der Waals surface area contributed by atoms with Crippen LogP contribution in [0.3, 0.4) is 0 Å². The number of para-hydroxylation sites is 2. The molecular weight excluding hydrogens is 416 g/mol. The van der Waals surface area contributed by atoms with Crippen molar-refractivity contribution in [2.24, 2.45) is 0 Å². The van der Waals surface area contributed by atoms with Gasteiger partial charge in [-0.2, -0.15) is 0 Å². The van der Waals surface area contributed by atoms with Crippen LogP contribution >= 0.6 is 0 Å². The lowest BCUT2D eigenvalue weighted by atomic mass is 9.89. The molecule has 6 nitrogen and oxygen atoms in total. The van der Waals surface area contributed by atoms with Crippen LogP contribution in [0, 0.1) is 0 Å². The summed E-state index contributed by atoms with van der Waals surface area (Å²) in [5.74, 6) is -1.01. The van der Waals surface area contributed by atoms with E-state index < -0.39 is 5.97 Å². The van der Waals surface area contributed by atoms with Crippen molar-refractivity contribution in [1.82, 2.24) is 0 Å². The van der Waals surface area contributed by atoms with Crippen LogP contribution in [0.2, 0.25) is 0 Å². The highest BCUT2D eigenvalue weighted by Crippen LogP contribution is 2.42. The molecule has 0 saturated heterocycles. The molecule has 2 amide bonds. The van der Waals surface area contributed by atoms with E-state index in [1.165, 1.54) is 7.11 Å². The highest BCUT2D eigenvalue weighted by atomic mass is 16.5. The van der Waals surface area contributed by atoms with Gasteiger partial charge in [0.1, 0.15) is 6.42 Å². The number of anilines is 2. The standard InChI is InChI=1S/C27H26N2O4/c1-19-17-24(29(21-13-7-4-8-14-21)25(30)18-26(31)33-2)22-15-9-10-16-23(22)28(19)27(32)20-11-5-3-6-12-20/h3-16,19,24H,17-18H2,1-2H3/t19-,24+/m0/s1. The number of rotatable bonds is 5. The van der Waals surface area contributed by atoms with Gasteiger partial charge < -0.3 is 14.5 Å². The van der Waals surface area contributed by atoms with Crippen molar-refractivity contribution in [2.45, 2.75) is 31.8 Å². The first-order valence-electron chi connectivity index (χ1n) is 10.9. The Labute approximate surface area is 193 Å². The Hall–Kier alpha value is -3.93. The van der Waals surface area contributed by atoms with Gasteiger partial charge in [0.05, 0.1) is 13.2 Å². The number of esters is 1. The highest BCUT2D eigenvalue weighted by Gasteiger charge is 2.39. The van der Waals surface area contributed by atoms with Gasteiger partial charge in [0, 0.05) is 23.0 Å². The Kier molecular flexibility index (Phi) is 6.54. The number of ether oxygens (including phenoxy) is 1. The van der Waals surface area contributed by atoms with E-state index in [-0.39, 0.29) is 30.3 Å². The van der Waals surface area contributed by atoms with Gasteiger partial charge in [0.15, 0.2) is 0 Å². The number of carbonyl (C=O) groups excluding carboxylic acids is 3. The molecule has 168 valence electrons. The monoisotopic (exact) mass is 442 g/mol. The van der Waals surface area contributed by atoms with Crippen LogP contribution in [-0.4, -0.2) is 30.9 Å². The third kappa shape index (κ3) is 4.51. The molecule has 6 heteroatoms. The molecule has 0 aromatic heterocycles. The molecule has 1 aliphatic rings. The molecule has 1 heterocycles. The first-order chi connectivity index (χ1) is 16.0. The Balaban J connectivity index is 1.78. The van der Waals surface area contributed by atoms with Crippen molar-refractivity contribution < 1.29 is 19.1 Å². The Morgan fingerprint density at radius 2 is 1.52 bits per heavy atom. The largest absolute Gasteiger partial charge is 0.469 e. The maximum Gasteiger partial charge on any atom is 0.315 e. The predicted octanol–water partition coefficient (Wildman–Crippen LogP) is 4.76. The zero-order valence-corrected chi connectivity index (χ0v) is 18.7. The number of hydrogen-bond donors (Lipinski definition) is 0. The number of methoxy groups -OCH3 is 1. The first-order valence-corrected chi connectivity index (χ1v) is 10.9. The molecule has 0 fully saturated rings. The van der Waals surface area contributed by atoms with Gasteiger partial charge in [-0.15, -0.1) is 0 Å². The van der Waals surface area contributed by atoms with Gasteiger partial charge >= 0.3 is 5.97 Å². The average Bonchev–Trinajstić information content (AvgIpc) is 2.85. The van der Waals surface area contributed by atoms with E-state index in [0.717, 1.165) is 11.3 Å². The summed E-state index contributed by atoms with van der Waals surface area (Å²) in [6.07, 6.45) is 0.169. The quantitative estimate of drug-likeness (QED) is 0.422. The molecule has 0 saturated carbocycles. The highest BCUT2D eigenvalue weighted by molar-refractivity contribution is 6.08. The maximum absolute atomic E-state index is 13.4. The Morgan fingerprint density at radius 3 is 2.18 bits per heavy atom. The zero-order valence-electron chi connectivity index (χ0n) is 18.7. The van der Waals surface area contributed by atoms with Crippen LogP contribution in [0.5, 0.6) is 0 Å². The molecule has 0 spiro atoms. The number of hydrogen-bond acceptors (Lipinski definition) is 4. The Bertz CT molecular complexity index is 1150. The number of carbonyl (C=O) groups is 3. The van der Waals surface area contributed by atoms with Gasteiger partial charge in [-0.05, 0) is 49.2 Å². The van der Waals surface area contributed by atoms with Crippen LogP contribution in [0.25, 0.3) is 0 Å². The third-order valence-electron chi connectivity index (χ3n) is 5.94. The van der Waals surface area contributed by atoms with E-state index in [4.69, 9.17) is 4.74 Å². The second kappa shape index (κ2) is 9.69. The summed E-state index contributed by atoms with van der Waals surface area (Å²) in [5.41, 5.74) is 2.93. The molecule has 4 rings (SSSR count). The summed E-state index contributed by atoms with van der Waals surface area (Å²) >= 11 is 0. The summed E-state index contributed by atoms with van der Waals surface area (Å²) in [4.78, 5) is 42.1. The molecule has 2 atom stereocenters. The molecule has 0 unspecified atom stereocenters. The number of fused-ring (bicyclic) bond motifs is 1. The second-order valence-corrected chi connectivity index (χ2v) is 8.05. The van der Waals surface area contributed by atoms with Crippen molar-refractivity contribution in [2.75, 3.05) is 16.9 Å². The van der Waals surface area contributed by atoms with Crippen LogP contribution in [0.4, 0.5) is 11.4 Å². The van der Waals surface area contributed by atoms with Gasteiger partial charge in [-0.25, -0.2) is 0 Å². The van der Waals surface area contributed by atoms with E-state index in [1.54, 1.807) is 21.9 Å². The third-order valence-corrected chi connectivity index (χ3v) is 5.94. The number of amides is 2. The molecule has 0 bridgehead atoms. The average molecular weight is 443 g/mol. The van der Waals surface area contributed by atoms with Crippen LogP contribution in [0.15, 0.2) is 84.9 Å². The summed E-state index contributed by atoms with van der Waals surface area (Å²) < 4.78 is 4.74. The van der Waals surface area contributed by atoms with Gasteiger partial charge in [-0.3, -0.25) is 14.4 Å². The van der Waals surface area contributed by atoms with E-state index >= 15 is 0 Å². The fourth-order valence-electron chi connectivity index (χ4n) is 4.42. The summed E-state index contributed by atoms with van der Waals surface area (Å²) in [6.45, 7) is 1.98. The van der Waals surface area contributed by atoms with Crippen LogP contribution in [0.1, 0.15) is 41.7 Å². The van der Waals surface area contributed by atoms with Crippen molar-refractivity contribution in [1.29, 1.82) is 0 Å². The number of nitrogens with zero attached hydrogens (tertiary/aromatic N) is 2. The lowest BCUT2D eigenvalue weighted by Crippen LogP contribution is -2.48. The molecule has 33 heavy (non-hydrogen) atoms. The lowest BCUT2D eigenvalue weighted by molar-refractivity contribution is -0.143. The summed E-state index contributed by atoms with van der Waals surface area (Å²) in [7, 11) is 1.27. The minimum atomic E-state index is -0.584. The van der Waals surface area contributed by atoms with Crippen molar-refractivity contribution >= 4 is 29.2 Å². The van der Waals surface area contributed by atoms with Gasteiger partial charge in [0.2, 0.25) is 5.91 Å². The second-order valence-electron chi connectivity index (χ2n) is 8.05. The van der Waals surface area contributed by atoms with E-state index in [2.05, 4.69) is 0 Å². The van der Waals surface area contributed by atoms with E-state index in [9.17, 15) is 14.4 Å². The topological polar surface area (TPSA) is 66.9 Å². The minimum Gasteiger partial charge on any atom is -0.469 e.